The van der Waals surface area contributed by atoms with E-state index in [0.717, 1.165) is 0 Å². The van der Waals surface area contributed by atoms with Gasteiger partial charge in [-0.1, -0.05) is 0 Å². The van der Waals surface area contributed by atoms with E-state index in [1.54, 1.807) is 105 Å². The van der Waals surface area contributed by atoms with E-state index in [1.807, 2.05) is 6.07 Å². The van der Waals surface area contributed by atoms with Gasteiger partial charge in [0.05, 0.1) is 10.0 Å². The average Bonchev–Trinajstić information content (AvgIpc) is 3.88. The highest BCUT2D eigenvalue weighted by Gasteiger charge is 2.31. The molecule has 0 saturated carbocycles. The highest BCUT2D eigenvalue weighted by atomic mass is 32.1. The number of esters is 2. The van der Waals surface area contributed by atoms with Crippen molar-refractivity contribution in [1.82, 2.24) is 30.6 Å². The smallest absolute Gasteiger partial charge is 0.408 e. The Morgan fingerprint density at radius 3 is 1.34 bits per heavy atom. The van der Waals surface area contributed by atoms with Crippen LogP contribution >= 0.6 is 45.3 Å². The first-order valence-corrected chi connectivity index (χ1v) is 21.6. The summed E-state index contributed by atoms with van der Waals surface area (Å²) in [7, 11) is 0. The molecule has 0 unspecified atom stereocenters. The summed E-state index contributed by atoms with van der Waals surface area (Å²) in [6.07, 6.45) is -1.16. The van der Waals surface area contributed by atoms with Gasteiger partial charge in [-0.25, -0.2) is 39.1 Å². The molecule has 320 valence electrons. The van der Waals surface area contributed by atoms with Crippen molar-refractivity contribution >= 4 is 75.4 Å². The van der Waals surface area contributed by atoms with Crippen molar-refractivity contribution in [2.45, 2.75) is 130 Å². The van der Waals surface area contributed by atoms with Gasteiger partial charge in [0.2, 0.25) is 0 Å². The average molecular weight is 891 g/mol. The first-order valence-electron chi connectivity index (χ1n) is 18.0. The lowest BCUT2D eigenvalue weighted by molar-refractivity contribution is -0.158. The van der Waals surface area contributed by atoms with Crippen molar-refractivity contribution in [3.63, 3.8) is 0 Å². The van der Waals surface area contributed by atoms with Gasteiger partial charge in [-0.2, -0.15) is 5.26 Å². The number of nitrogens with one attached hydrogen (secondary N) is 2. The Morgan fingerprint density at radius 2 is 1.00 bits per heavy atom. The number of amides is 3. The molecule has 0 saturated heterocycles. The second kappa shape index (κ2) is 19.8. The van der Waals surface area contributed by atoms with E-state index in [9.17, 15) is 24.0 Å². The largest absolute Gasteiger partial charge is 0.458 e. The third-order valence-electron chi connectivity index (χ3n) is 6.44. The number of rotatable bonds is 11. The zero-order valence-corrected chi connectivity index (χ0v) is 38.3. The van der Waals surface area contributed by atoms with Crippen molar-refractivity contribution in [1.29, 1.82) is 5.26 Å². The molecule has 0 aromatic carbocycles. The molecule has 3 amide bonds. The molecular formula is C38H50N8O9S4. The molecule has 0 aliphatic carbocycles. The maximum absolute atomic E-state index is 12.6. The summed E-state index contributed by atoms with van der Waals surface area (Å²) in [5.41, 5.74) is 4.10. The molecule has 4 aromatic heterocycles. The van der Waals surface area contributed by atoms with E-state index in [-0.39, 0.29) is 18.5 Å². The van der Waals surface area contributed by atoms with Crippen molar-refractivity contribution in [2.75, 3.05) is 0 Å². The third-order valence-corrected chi connectivity index (χ3v) is 9.91. The molecule has 4 N–H and O–H groups in total. The van der Waals surface area contributed by atoms with Crippen LogP contribution in [0.3, 0.4) is 0 Å². The number of carbonyl (C=O) groups excluding carboxylic acids is 5. The fraction of sp³-hybridized carbons (Fsp3) is 0.526. The molecule has 17 nitrogen and oxygen atoms in total. The first-order chi connectivity index (χ1) is 27.1. The summed E-state index contributed by atoms with van der Waals surface area (Å²) in [6, 6.07) is 0.0589. The van der Waals surface area contributed by atoms with E-state index < -0.39 is 64.5 Å². The number of ether oxygens (including phenoxy) is 4. The van der Waals surface area contributed by atoms with E-state index in [2.05, 4.69) is 30.6 Å². The van der Waals surface area contributed by atoms with Crippen LogP contribution in [-0.4, -0.2) is 84.5 Å². The van der Waals surface area contributed by atoms with Crippen LogP contribution < -0.4 is 16.4 Å². The number of carbonyl (C=O) groups is 5. The van der Waals surface area contributed by atoms with Gasteiger partial charge in [-0.3, -0.25) is 4.79 Å². The fourth-order valence-electron chi connectivity index (χ4n) is 4.33. The standard InChI is InChI=1S/C19H26N4O5S2.C19H24N4O4S2/c1-18(2,3)27-16(25)10(23-17(26)28-19(4,5)6)7-13-21-12(9-29-13)15-22-11(8-30-15)14(20)24;1-18(2,3)26-16(24)12(23-17(25)27-19(4,5)6)7-14-22-13(10-28-14)15-21-11(8-20)9-29-15/h8-10H,7H2,1-6H3,(H2,20,24)(H,23,26);9-10,12H,7H2,1-6H3,(H,23,25)/t10-;12-/m00/s1. The minimum absolute atomic E-state index is 0.118. The summed E-state index contributed by atoms with van der Waals surface area (Å²) in [4.78, 5) is 78.2. The van der Waals surface area contributed by atoms with E-state index in [1.165, 1.54) is 45.3 Å². The quantitative estimate of drug-likeness (QED) is 0.101. The molecule has 0 radical (unpaired) electrons. The maximum atomic E-state index is 12.6. The number of primary amides is 1. The lowest BCUT2D eigenvalue weighted by Crippen LogP contribution is -2.47. The maximum Gasteiger partial charge on any atom is 0.408 e. The molecule has 4 aromatic rings. The lowest BCUT2D eigenvalue weighted by Gasteiger charge is -2.25. The lowest BCUT2D eigenvalue weighted by atomic mass is 10.1. The first kappa shape index (κ1) is 48.3. The number of hydrogen-bond acceptors (Lipinski definition) is 18. The molecule has 0 fully saturated rings. The number of thiazole rings is 4. The molecule has 0 aliphatic heterocycles. The monoisotopic (exact) mass is 890 g/mol. The second-order valence-electron chi connectivity index (χ2n) is 16.7. The van der Waals surface area contributed by atoms with Crippen molar-refractivity contribution in [2.24, 2.45) is 5.73 Å². The summed E-state index contributed by atoms with van der Waals surface area (Å²) >= 11 is 5.21. The Balaban J connectivity index is 0.000000316. The number of nitrogens with two attached hydrogens (primary N) is 1. The molecule has 59 heavy (non-hydrogen) atoms. The highest BCUT2D eigenvalue weighted by molar-refractivity contribution is 7.14. The van der Waals surface area contributed by atoms with Gasteiger partial charge in [0.25, 0.3) is 5.91 Å². The Morgan fingerprint density at radius 1 is 0.610 bits per heavy atom. The Bertz CT molecular complexity index is 2140. The zero-order valence-electron chi connectivity index (χ0n) is 35.0. The van der Waals surface area contributed by atoms with Crippen LogP contribution in [0.2, 0.25) is 0 Å². The molecule has 0 spiro atoms. The summed E-state index contributed by atoms with van der Waals surface area (Å²) in [5.74, 6) is -1.77. The van der Waals surface area contributed by atoms with E-state index in [0.29, 0.717) is 37.1 Å². The Hall–Kier alpha value is -5.04. The molecular weight excluding hydrogens is 841 g/mol. The number of aromatic nitrogens is 4. The Labute approximate surface area is 359 Å². The van der Waals surface area contributed by atoms with Crippen LogP contribution in [0.15, 0.2) is 21.5 Å². The molecule has 4 heterocycles. The van der Waals surface area contributed by atoms with Gasteiger partial charge in [0, 0.05) is 34.4 Å². The van der Waals surface area contributed by atoms with Crippen LogP contribution in [0.4, 0.5) is 9.59 Å². The second-order valence-corrected chi connectivity index (χ2v) is 20.3. The van der Waals surface area contributed by atoms with Crippen molar-refractivity contribution in [3.05, 3.63) is 42.9 Å². The minimum Gasteiger partial charge on any atom is -0.458 e. The summed E-state index contributed by atoms with van der Waals surface area (Å²) in [5, 5.41) is 23.2. The Kier molecular flexibility index (Phi) is 16.2. The van der Waals surface area contributed by atoms with E-state index >= 15 is 0 Å². The van der Waals surface area contributed by atoms with Crippen molar-refractivity contribution < 1.29 is 42.9 Å². The van der Waals surface area contributed by atoms with E-state index in [4.69, 9.17) is 29.9 Å². The van der Waals surface area contributed by atoms with Gasteiger partial charge >= 0.3 is 24.1 Å². The van der Waals surface area contributed by atoms with Crippen LogP contribution in [0.25, 0.3) is 21.4 Å². The zero-order chi connectivity index (χ0) is 44.5. The van der Waals surface area contributed by atoms with Gasteiger partial charge in [0.15, 0.2) is 5.69 Å². The normalized spacial score (nSPS) is 12.8. The summed E-state index contributed by atoms with van der Waals surface area (Å²) < 4.78 is 21.4. The van der Waals surface area contributed by atoms with Gasteiger partial charge in [-0.05, 0) is 83.1 Å². The fourth-order valence-corrected chi connectivity index (χ4v) is 7.61. The molecule has 21 heteroatoms. The van der Waals surface area contributed by atoms with Crippen LogP contribution in [-0.2, 0) is 41.4 Å². The SMILES string of the molecule is CC(C)(C)OC(=O)N[C@@H](Cc1nc(-c2nc(C#N)cs2)cs1)C(=O)OC(C)(C)C.CC(C)(C)OC(=O)N[C@@H](Cc1nc(-c2nc(C(N)=O)cs2)cs1)C(=O)OC(C)(C)C. The molecule has 0 bridgehead atoms. The van der Waals surface area contributed by atoms with Gasteiger partial charge in [-0.15, -0.1) is 45.3 Å². The van der Waals surface area contributed by atoms with Crippen molar-refractivity contribution in [3.8, 4) is 27.5 Å². The highest BCUT2D eigenvalue weighted by Crippen LogP contribution is 2.28. The molecule has 2 atom stereocenters. The van der Waals surface area contributed by atoms with Gasteiger partial charge in [0.1, 0.15) is 67.7 Å². The predicted octanol–water partition coefficient (Wildman–Crippen LogP) is 7.06. The third kappa shape index (κ3) is 17.4. The number of hydrogen-bond donors (Lipinski definition) is 3. The topological polar surface area (TPSA) is 248 Å². The van der Waals surface area contributed by atoms with Crippen LogP contribution in [0.5, 0.6) is 0 Å². The van der Waals surface area contributed by atoms with Crippen LogP contribution in [0, 0.1) is 11.3 Å². The number of alkyl carbamates (subject to hydrolysis) is 2. The number of nitrogens with zero attached hydrogens (tertiary/aromatic N) is 5. The minimum atomic E-state index is -0.976. The predicted molar refractivity (Wildman–Crippen MR) is 225 cm³/mol. The van der Waals surface area contributed by atoms with Gasteiger partial charge < -0.3 is 35.3 Å². The molecule has 4 rings (SSSR count). The number of nitriles is 1. The molecule has 0 aliphatic rings. The summed E-state index contributed by atoms with van der Waals surface area (Å²) in [6.45, 7) is 20.9. The van der Waals surface area contributed by atoms with Crippen LogP contribution in [0.1, 0.15) is 109 Å².